The minimum atomic E-state index is -0.338. The van der Waals surface area contributed by atoms with E-state index in [4.69, 9.17) is 11.6 Å². The number of halogens is 1. The van der Waals surface area contributed by atoms with E-state index in [2.05, 4.69) is 12.2 Å². The molecule has 1 N–H and O–H groups in total. The summed E-state index contributed by atoms with van der Waals surface area (Å²) >= 11 is 5.97. The number of hydrogen-bond donors (Lipinski definition) is 1. The molecule has 1 heterocycles. The Morgan fingerprint density at radius 3 is 2.03 bits per heavy atom. The molecule has 0 aliphatic carbocycles. The summed E-state index contributed by atoms with van der Waals surface area (Å²) in [6.07, 6.45) is 0.934. The van der Waals surface area contributed by atoms with Crippen molar-refractivity contribution < 1.29 is 9.59 Å². The Hall–Kier alpha value is -3.37. The van der Waals surface area contributed by atoms with Crippen LogP contribution in [0.1, 0.15) is 29.2 Å². The van der Waals surface area contributed by atoms with Crippen LogP contribution in [0.5, 0.6) is 0 Å². The lowest BCUT2D eigenvalue weighted by molar-refractivity contribution is -0.137. The molecule has 3 aromatic carbocycles. The van der Waals surface area contributed by atoms with E-state index in [0.717, 1.165) is 28.8 Å². The Balaban J connectivity index is 1.71. The van der Waals surface area contributed by atoms with Crippen molar-refractivity contribution in [1.29, 1.82) is 0 Å². The third-order valence-corrected chi connectivity index (χ3v) is 5.65. The molecule has 0 aromatic heterocycles. The van der Waals surface area contributed by atoms with Gasteiger partial charge in [-0.2, -0.15) is 0 Å². The van der Waals surface area contributed by atoms with Gasteiger partial charge in [0.2, 0.25) is 0 Å². The summed E-state index contributed by atoms with van der Waals surface area (Å²) in [6, 6.07) is 22.7. The highest BCUT2D eigenvalue weighted by Gasteiger charge is 2.39. The minimum absolute atomic E-state index is 0.185. The van der Waals surface area contributed by atoms with E-state index in [-0.39, 0.29) is 18.4 Å². The Bertz CT molecular complexity index is 1150. The number of nitrogens with one attached hydrogen (secondary N) is 1. The molecule has 5 heteroatoms. The van der Waals surface area contributed by atoms with Crippen LogP contribution in [-0.2, 0) is 22.6 Å². The molecular weight excluding hydrogens is 408 g/mol. The lowest BCUT2D eigenvalue weighted by Gasteiger charge is -2.15. The number of carbonyl (C=O) groups is 2. The van der Waals surface area contributed by atoms with E-state index in [0.29, 0.717) is 16.3 Å². The number of benzene rings is 3. The van der Waals surface area contributed by atoms with Crippen LogP contribution in [0.15, 0.2) is 78.5 Å². The highest BCUT2D eigenvalue weighted by molar-refractivity contribution is 6.36. The van der Waals surface area contributed by atoms with Crippen LogP contribution < -0.4 is 5.32 Å². The van der Waals surface area contributed by atoms with Crippen LogP contribution in [-0.4, -0.2) is 16.7 Å². The third kappa shape index (κ3) is 4.39. The largest absolute Gasteiger partial charge is 0.350 e. The van der Waals surface area contributed by atoms with Gasteiger partial charge >= 0.3 is 0 Å². The lowest BCUT2D eigenvalue weighted by atomic mass is 10.0. The van der Waals surface area contributed by atoms with Crippen molar-refractivity contribution in [2.24, 2.45) is 0 Å². The summed E-state index contributed by atoms with van der Waals surface area (Å²) in [4.78, 5) is 28.0. The molecule has 3 aromatic rings. The number of amides is 2. The van der Waals surface area contributed by atoms with Gasteiger partial charge in [-0.1, -0.05) is 72.6 Å². The Morgan fingerprint density at radius 1 is 0.806 bits per heavy atom. The van der Waals surface area contributed by atoms with Gasteiger partial charge < -0.3 is 5.32 Å². The first-order chi connectivity index (χ1) is 15.0. The fraction of sp³-hybridized carbons (Fsp3) is 0.154. The highest BCUT2D eigenvalue weighted by Crippen LogP contribution is 2.32. The fourth-order valence-corrected chi connectivity index (χ4v) is 3.69. The summed E-state index contributed by atoms with van der Waals surface area (Å²) in [7, 11) is 0. The van der Waals surface area contributed by atoms with Crippen LogP contribution in [0, 0.1) is 6.92 Å². The number of nitrogens with zero attached hydrogens (tertiary/aromatic N) is 1. The van der Waals surface area contributed by atoms with Crippen molar-refractivity contribution in [1.82, 2.24) is 4.90 Å². The zero-order valence-electron chi connectivity index (χ0n) is 17.5. The fourth-order valence-electron chi connectivity index (χ4n) is 3.56. The number of aryl methyl sites for hydroxylation is 2. The van der Waals surface area contributed by atoms with Crippen molar-refractivity contribution in [3.63, 3.8) is 0 Å². The molecule has 2 amide bonds. The van der Waals surface area contributed by atoms with Gasteiger partial charge in [0.15, 0.2) is 0 Å². The Kier molecular flexibility index (Phi) is 5.92. The van der Waals surface area contributed by atoms with E-state index in [1.165, 1.54) is 10.5 Å². The molecule has 1 aliphatic heterocycles. The smallest absolute Gasteiger partial charge is 0.278 e. The maximum Gasteiger partial charge on any atom is 0.278 e. The Labute approximate surface area is 187 Å². The average Bonchev–Trinajstić information content (AvgIpc) is 3.00. The number of rotatable bonds is 6. The average molecular weight is 431 g/mol. The Morgan fingerprint density at radius 2 is 1.42 bits per heavy atom. The normalized spacial score (nSPS) is 13.8. The first-order valence-electron chi connectivity index (χ1n) is 10.2. The monoisotopic (exact) mass is 430 g/mol. The quantitative estimate of drug-likeness (QED) is 0.517. The second-order valence-corrected chi connectivity index (χ2v) is 8.05. The second-order valence-electron chi connectivity index (χ2n) is 7.61. The molecule has 0 saturated heterocycles. The zero-order chi connectivity index (χ0) is 22.0. The summed E-state index contributed by atoms with van der Waals surface area (Å²) in [6.45, 7) is 4.26. The molecule has 0 spiro atoms. The van der Waals surface area contributed by atoms with Gasteiger partial charge in [0.05, 0.1) is 12.1 Å². The van der Waals surface area contributed by atoms with Crippen molar-refractivity contribution in [2.45, 2.75) is 26.8 Å². The molecule has 0 atom stereocenters. The van der Waals surface area contributed by atoms with Crippen LogP contribution in [0.4, 0.5) is 5.69 Å². The van der Waals surface area contributed by atoms with E-state index in [9.17, 15) is 9.59 Å². The minimum Gasteiger partial charge on any atom is -0.350 e. The summed E-state index contributed by atoms with van der Waals surface area (Å²) in [5.41, 5.74) is 5.30. The molecule has 0 fully saturated rings. The van der Waals surface area contributed by atoms with Crippen molar-refractivity contribution in [2.75, 3.05) is 5.32 Å². The van der Waals surface area contributed by atoms with Crippen molar-refractivity contribution in [3.8, 4) is 0 Å². The van der Waals surface area contributed by atoms with Gasteiger partial charge in [-0.15, -0.1) is 0 Å². The number of hydrogen-bond acceptors (Lipinski definition) is 3. The molecule has 156 valence electrons. The molecule has 1 aliphatic rings. The van der Waals surface area contributed by atoms with Gasteiger partial charge in [0.1, 0.15) is 5.70 Å². The topological polar surface area (TPSA) is 49.4 Å². The summed E-state index contributed by atoms with van der Waals surface area (Å²) < 4.78 is 0. The molecule has 4 rings (SSSR count). The van der Waals surface area contributed by atoms with E-state index < -0.39 is 0 Å². The second kappa shape index (κ2) is 8.78. The van der Waals surface area contributed by atoms with Gasteiger partial charge in [-0.25, -0.2) is 0 Å². The maximum atomic E-state index is 13.4. The molecule has 0 saturated carbocycles. The van der Waals surface area contributed by atoms with Crippen molar-refractivity contribution >= 4 is 34.7 Å². The molecule has 0 radical (unpaired) electrons. The van der Waals surface area contributed by atoms with Gasteiger partial charge in [-0.3, -0.25) is 14.5 Å². The van der Waals surface area contributed by atoms with Crippen molar-refractivity contribution in [3.05, 3.63) is 106 Å². The third-order valence-electron chi connectivity index (χ3n) is 5.39. The van der Waals surface area contributed by atoms with E-state index >= 15 is 0 Å². The predicted molar refractivity (Wildman–Crippen MR) is 125 cm³/mol. The molecule has 4 nitrogen and oxygen atoms in total. The predicted octanol–water partition coefficient (Wildman–Crippen LogP) is 5.60. The van der Waals surface area contributed by atoms with Gasteiger partial charge in [-0.05, 0) is 54.3 Å². The molecular formula is C26H23ClN2O2. The first kappa shape index (κ1) is 20.9. The van der Waals surface area contributed by atoms with Gasteiger partial charge in [0, 0.05) is 10.7 Å². The van der Waals surface area contributed by atoms with Gasteiger partial charge in [0.25, 0.3) is 11.8 Å². The maximum absolute atomic E-state index is 13.4. The number of imide groups is 1. The number of carbonyl (C=O) groups excluding carboxylic acids is 2. The lowest BCUT2D eigenvalue weighted by Crippen LogP contribution is -2.32. The molecule has 31 heavy (non-hydrogen) atoms. The highest BCUT2D eigenvalue weighted by atomic mass is 35.5. The van der Waals surface area contributed by atoms with Crippen LogP contribution in [0.25, 0.3) is 5.57 Å². The van der Waals surface area contributed by atoms with E-state index in [1.807, 2.05) is 67.6 Å². The van der Waals surface area contributed by atoms with Crippen LogP contribution >= 0.6 is 11.6 Å². The number of anilines is 1. The standard InChI is InChI=1S/C26H23ClN2O2/c1-3-18-8-14-22(15-9-18)28-24-23(20-10-4-17(2)5-11-20)25(30)29(26(24)31)16-19-6-12-21(27)13-7-19/h4-15,28H,3,16H2,1-2H3. The molecule has 0 bridgehead atoms. The summed E-state index contributed by atoms with van der Waals surface area (Å²) in [5.74, 6) is -0.647. The van der Waals surface area contributed by atoms with Crippen LogP contribution in [0.2, 0.25) is 5.02 Å². The van der Waals surface area contributed by atoms with Crippen LogP contribution in [0.3, 0.4) is 0 Å². The molecule has 0 unspecified atom stereocenters. The summed E-state index contributed by atoms with van der Waals surface area (Å²) in [5, 5.41) is 3.82. The first-order valence-corrected chi connectivity index (χ1v) is 10.6. The SMILES string of the molecule is CCc1ccc(NC2=C(c3ccc(C)cc3)C(=O)N(Cc3ccc(Cl)cc3)C2=O)cc1. The zero-order valence-corrected chi connectivity index (χ0v) is 18.2. The van der Waals surface area contributed by atoms with E-state index in [1.54, 1.807) is 12.1 Å².